The first-order valence-electron chi connectivity index (χ1n) is 8.08. The number of nitrogens with zero attached hydrogens (tertiary/aromatic N) is 5. The fourth-order valence-corrected chi connectivity index (χ4v) is 3.59. The van der Waals surface area contributed by atoms with Gasteiger partial charge in [0, 0.05) is 31.9 Å². The number of carbonyl (C=O) groups is 1. The summed E-state index contributed by atoms with van der Waals surface area (Å²) in [5, 5.41) is 14.1. The molecule has 2 heterocycles. The second-order valence-corrected chi connectivity index (χ2v) is 9.11. The summed E-state index contributed by atoms with van der Waals surface area (Å²) in [4.78, 5) is 14.4. The highest BCUT2D eigenvalue weighted by Crippen LogP contribution is 2.24. The van der Waals surface area contributed by atoms with Gasteiger partial charge in [-0.3, -0.25) is 9.69 Å². The van der Waals surface area contributed by atoms with E-state index in [2.05, 4.69) is 39.6 Å². The minimum atomic E-state index is -2.98. The third-order valence-corrected chi connectivity index (χ3v) is 5.35. The lowest BCUT2D eigenvalue weighted by molar-refractivity contribution is -0.122. The van der Waals surface area contributed by atoms with Crippen LogP contribution in [0.2, 0.25) is 0 Å². The monoisotopic (exact) mass is 358 g/mol. The highest BCUT2D eigenvalue weighted by atomic mass is 32.2. The van der Waals surface area contributed by atoms with Crippen LogP contribution in [0.5, 0.6) is 0 Å². The van der Waals surface area contributed by atoms with Gasteiger partial charge in [0.2, 0.25) is 5.91 Å². The second kappa shape index (κ2) is 7.56. The van der Waals surface area contributed by atoms with Crippen LogP contribution in [0, 0.1) is 18.8 Å². The first kappa shape index (κ1) is 18.8. The summed E-state index contributed by atoms with van der Waals surface area (Å²) in [5.41, 5.74) is 0. The molecule has 0 aliphatic carbocycles. The molecule has 9 nitrogen and oxygen atoms in total. The largest absolute Gasteiger partial charge is 0.350 e. The molecule has 1 fully saturated rings. The first-order chi connectivity index (χ1) is 11.2. The van der Waals surface area contributed by atoms with E-state index < -0.39 is 9.84 Å². The third kappa shape index (κ3) is 5.23. The minimum absolute atomic E-state index is 0.00819. The Morgan fingerprint density at radius 1 is 1.38 bits per heavy atom. The molecular formula is C14H26N6O3S. The standard InChI is InChI=1S/C14H26N6O3S/c1-10(2)12-7-19(5-6-24(4,22)23)8-13(12)15-14(21)9-20-11(3)16-17-18-20/h10,12-13H,5-9H2,1-4H3,(H,15,21)/t12-,13+/m0/s1. The van der Waals surface area contributed by atoms with Gasteiger partial charge in [-0.15, -0.1) is 5.10 Å². The summed E-state index contributed by atoms with van der Waals surface area (Å²) < 4.78 is 24.2. The number of tetrazole rings is 1. The van der Waals surface area contributed by atoms with Gasteiger partial charge in [0.15, 0.2) is 0 Å². The Hall–Kier alpha value is -1.55. The Morgan fingerprint density at radius 2 is 2.08 bits per heavy atom. The summed E-state index contributed by atoms with van der Waals surface area (Å²) in [6.07, 6.45) is 1.25. The maximum absolute atomic E-state index is 12.3. The van der Waals surface area contributed by atoms with Gasteiger partial charge in [-0.25, -0.2) is 13.1 Å². The van der Waals surface area contributed by atoms with E-state index in [-0.39, 0.29) is 24.2 Å². The van der Waals surface area contributed by atoms with Crippen LogP contribution in [0.25, 0.3) is 0 Å². The first-order valence-corrected chi connectivity index (χ1v) is 10.1. The SMILES string of the molecule is Cc1nnnn1CC(=O)N[C@@H]1CN(CCS(C)(=O)=O)C[C@H]1C(C)C. The number of amides is 1. The number of aromatic nitrogens is 4. The highest BCUT2D eigenvalue weighted by molar-refractivity contribution is 7.90. The average Bonchev–Trinajstić information content (AvgIpc) is 3.03. The summed E-state index contributed by atoms with van der Waals surface area (Å²) in [5.74, 6) is 1.29. The van der Waals surface area contributed by atoms with Gasteiger partial charge in [-0.05, 0) is 29.2 Å². The van der Waals surface area contributed by atoms with Crippen molar-refractivity contribution in [2.75, 3.05) is 31.6 Å². The number of aryl methyl sites for hydroxylation is 1. The smallest absolute Gasteiger partial charge is 0.242 e. The molecule has 1 amide bonds. The fourth-order valence-electron chi connectivity index (χ4n) is 3.00. The number of nitrogens with one attached hydrogen (secondary N) is 1. The third-order valence-electron chi connectivity index (χ3n) is 4.43. The van der Waals surface area contributed by atoms with E-state index in [4.69, 9.17) is 0 Å². The molecule has 1 aliphatic heterocycles. The maximum atomic E-state index is 12.3. The zero-order valence-electron chi connectivity index (χ0n) is 14.6. The molecular weight excluding hydrogens is 332 g/mol. The van der Waals surface area contributed by atoms with Crippen LogP contribution < -0.4 is 5.32 Å². The van der Waals surface area contributed by atoms with E-state index in [0.29, 0.717) is 30.7 Å². The Labute approximate surface area is 142 Å². The molecule has 1 N–H and O–H groups in total. The van der Waals surface area contributed by atoms with Crippen molar-refractivity contribution in [3.63, 3.8) is 0 Å². The van der Waals surface area contributed by atoms with Crippen LogP contribution in [-0.4, -0.2) is 77.1 Å². The summed E-state index contributed by atoms with van der Waals surface area (Å²) in [7, 11) is -2.98. The predicted octanol–water partition coefficient (Wildman–Crippen LogP) is -0.901. The van der Waals surface area contributed by atoms with E-state index in [9.17, 15) is 13.2 Å². The lowest BCUT2D eigenvalue weighted by Gasteiger charge is -2.23. The molecule has 0 unspecified atom stereocenters. The molecule has 2 rings (SSSR count). The van der Waals surface area contributed by atoms with Crippen molar-refractivity contribution in [2.45, 2.75) is 33.4 Å². The van der Waals surface area contributed by atoms with Crippen LogP contribution in [0.1, 0.15) is 19.7 Å². The van der Waals surface area contributed by atoms with E-state index in [0.717, 1.165) is 6.54 Å². The van der Waals surface area contributed by atoms with E-state index in [1.165, 1.54) is 10.9 Å². The molecule has 136 valence electrons. The van der Waals surface area contributed by atoms with E-state index in [1.54, 1.807) is 6.92 Å². The summed E-state index contributed by atoms with van der Waals surface area (Å²) >= 11 is 0. The van der Waals surface area contributed by atoms with Gasteiger partial charge in [-0.2, -0.15) is 0 Å². The lowest BCUT2D eigenvalue weighted by Crippen LogP contribution is -2.43. The van der Waals surface area contributed by atoms with Crippen molar-refractivity contribution in [1.29, 1.82) is 0 Å². The number of sulfone groups is 1. The molecule has 10 heteroatoms. The van der Waals surface area contributed by atoms with Gasteiger partial charge in [0.05, 0.1) is 5.75 Å². The zero-order valence-corrected chi connectivity index (χ0v) is 15.5. The Kier molecular flexibility index (Phi) is 5.92. The van der Waals surface area contributed by atoms with Crippen molar-refractivity contribution in [2.24, 2.45) is 11.8 Å². The van der Waals surface area contributed by atoms with Gasteiger partial charge >= 0.3 is 0 Å². The quantitative estimate of drug-likeness (QED) is 0.672. The molecule has 0 bridgehead atoms. The molecule has 1 aromatic heterocycles. The van der Waals surface area contributed by atoms with E-state index >= 15 is 0 Å². The molecule has 1 aliphatic rings. The molecule has 24 heavy (non-hydrogen) atoms. The highest BCUT2D eigenvalue weighted by Gasteiger charge is 2.35. The van der Waals surface area contributed by atoms with Crippen molar-refractivity contribution in [3.8, 4) is 0 Å². The zero-order chi connectivity index (χ0) is 17.9. The van der Waals surface area contributed by atoms with Gasteiger partial charge in [0.1, 0.15) is 22.2 Å². The number of hydrogen-bond acceptors (Lipinski definition) is 7. The average molecular weight is 358 g/mol. The second-order valence-electron chi connectivity index (χ2n) is 6.86. The predicted molar refractivity (Wildman–Crippen MR) is 89.0 cm³/mol. The minimum Gasteiger partial charge on any atom is -0.350 e. The fraction of sp³-hybridized carbons (Fsp3) is 0.857. The van der Waals surface area contributed by atoms with Gasteiger partial charge in [-0.1, -0.05) is 13.8 Å². The van der Waals surface area contributed by atoms with Crippen LogP contribution in [0.3, 0.4) is 0 Å². The summed E-state index contributed by atoms with van der Waals surface area (Å²) in [6.45, 7) is 8.03. The van der Waals surface area contributed by atoms with Crippen LogP contribution in [0.15, 0.2) is 0 Å². The number of hydrogen-bond donors (Lipinski definition) is 1. The number of rotatable bonds is 7. The van der Waals surface area contributed by atoms with Gasteiger partial charge in [0.25, 0.3) is 0 Å². The van der Waals surface area contributed by atoms with Crippen molar-refractivity contribution in [3.05, 3.63) is 5.82 Å². The number of likely N-dealkylation sites (tertiary alicyclic amines) is 1. The Morgan fingerprint density at radius 3 is 2.62 bits per heavy atom. The molecule has 0 radical (unpaired) electrons. The van der Waals surface area contributed by atoms with E-state index in [1.807, 2.05) is 0 Å². The molecule has 0 spiro atoms. The van der Waals surface area contributed by atoms with Gasteiger partial charge < -0.3 is 5.32 Å². The Bertz CT molecular complexity index is 672. The molecule has 1 aromatic rings. The molecule has 1 saturated heterocycles. The Balaban J connectivity index is 1.94. The van der Waals surface area contributed by atoms with Crippen molar-refractivity contribution in [1.82, 2.24) is 30.4 Å². The van der Waals surface area contributed by atoms with Crippen molar-refractivity contribution < 1.29 is 13.2 Å². The molecule has 0 aromatic carbocycles. The van der Waals surface area contributed by atoms with Crippen LogP contribution in [0.4, 0.5) is 0 Å². The maximum Gasteiger partial charge on any atom is 0.242 e. The topological polar surface area (TPSA) is 110 Å². The van der Waals surface area contributed by atoms with Crippen LogP contribution >= 0.6 is 0 Å². The lowest BCUT2D eigenvalue weighted by atomic mass is 9.91. The van der Waals surface area contributed by atoms with Crippen molar-refractivity contribution >= 4 is 15.7 Å². The number of carbonyl (C=O) groups excluding carboxylic acids is 1. The molecule has 2 atom stereocenters. The molecule has 0 saturated carbocycles. The summed E-state index contributed by atoms with van der Waals surface area (Å²) in [6, 6.07) is 0.00819. The normalized spacial score (nSPS) is 22.2. The van der Waals surface area contributed by atoms with Crippen LogP contribution in [-0.2, 0) is 21.2 Å².